The largest absolute Gasteiger partial charge is 0.490 e. The summed E-state index contributed by atoms with van der Waals surface area (Å²) in [4.78, 5) is 17.7. The molecule has 0 fully saturated rings. The fraction of sp³-hybridized carbons (Fsp3) is 0.346. The molecule has 2 N–H and O–H groups in total. The number of rotatable bonds is 9. The van der Waals surface area contributed by atoms with Gasteiger partial charge in [0.15, 0.2) is 11.5 Å². The minimum absolute atomic E-state index is 0.120. The Morgan fingerprint density at radius 1 is 1.06 bits per heavy atom. The smallest absolute Gasteiger partial charge is 0.258 e. The van der Waals surface area contributed by atoms with Crippen LogP contribution in [-0.2, 0) is 13.1 Å². The molecule has 0 saturated heterocycles. The van der Waals surface area contributed by atoms with Crippen molar-refractivity contribution < 1.29 is 18.7 Å². The summed E-state index contributed by atoms with van der Waals surface area (Å²) in [5.74, 6) is 0.272. The van der Waals surface area contributed by atoms with Crippen molar-refractivity contribution in [1.29, 1.82) is 0 Å². The number of nitrogens with zero attached hydrogens (tertiary/aromatic N) is 3. The Hall–Kier alpha value is -3.88. The number of amides is 1. The third-order valence-electron chi connectivity index (χ3n) is 5.39. The second kappa shape index (κ2) is 12.0. The molecular weight excluding hydrogens is 449 g/mol. The molecule has 186 valence electrons. The molecule has 2 aromatic carbocycles. The van der Waals surface area contributed by atoms with E-state index < -0.39 is 11.7 Å². The van der Waals surface area contributed by atoms with Crippen molar-refractivity contribution in [2.75, 3.05) is 18.5 Å². The van der Waals surface area contributed by atoms with Crippen molar-refractivity contribution in [2.24, 2.45) is 4.99 Å². The molecule has 3 rings (SSSR count). The summed E-state index contributed by atoms with van der Waals surface area (Å²) in [6.07, 6.45) is 0. The maximum atomic E-state index is 14.3. The molecule has 1 heterocycles. The number of guanidine groups is 1. The topological polar surface area (TPSA) is 89.8 Å². The van der Waals surface area contributed by atoms with Gasteiger partial charge in [0.25, 0.3) is 5.91 Å². The Morgan fingerprint density at radius 3 is 2.43 bits per heavy atom. The number of hydrogen-bond donors (Lipinski definition) is 2. The molecule has 9 heteroatoms. The number of carbonyl (C=O) groups excluding carboxylic acids is 1. The highest BCUT2D eigenvalue weighted by Crippen LogP contribution is 2.28. The lowest BCUT2D eigenvalue weighted by atomic mass is 10.2. The molecule has 0 atom stereocenters. The Morgan fingerprint density at radius 2 is 1.77 bits per heavy atom. The van der Waals surface area contributed by atoms with Crippen molar-refractivity contribution in [3.63, 3.8) is 0 Å². The van der Waals surface area contributed by atoms with Crippen LogP contribution in [0, 0.1) is 19.7 Å². The molecule has 0 aliphatic rings. The number of aliphatic imine (C=N–C) groups is 1. The van der Waals surface area contributed by atoms with Crippen molar-refractivity contribution in [3.05, 3.63) is 70.8 Å². The van der Waals surface area contributed by atoms with Gasteiger partial charge in [-0.1, -0.05) is 12.1 Å². The van der Waals surface area contributed by atoms with Gasteiger partial charge >= 0.3 is 0 Å². The predicted octanol–water partition coefficient (Wildman–Crippen LogP) is 4.85. The molecule has 0 bridgehead atoms. The van der Waals surface area contributed by atoms with E-state index in [-0.39, 0.29) is 18.2 Å². The van der Waals surface area contributed by atoms with Gasteiger partial charge in [-0.25, -0.2) is 9.38 Å². The molecule has 1 amide bonds. The SMILES string of the molecule is CCOc1ccc(C(=O)NC(=NCc2c(C)nn(CC)c2C)Nc2ccccc2F)cc1OCC. The number of benzene rings is 2. The summed E-state index contributed by atoms with van der Waals surface area (Å²) in [5, 5.41) is 10.2. The molecule has 35 heavy (non-hydrogen) atoms. The number of aromatic nitrogens is 2. The number of halogens is 1. The van der Waals surface area contributed by atoms with E-state index in [1.54, 1.807) is 36.4 Å². The number of hydrogen-bond acceptors (Lipinski definition) is 5. The first-order valence-corrected chi connectivity index (χ1v) is 11.7. The summed E-state index contributed by atoms with van der Waals surface area (Å²) in [6.45, 7) is 11.6. The van der Waals surface area contributed by atoms with Crippen LogP contribution in [0.3, 0.4) is 0 Å². The normalized spacial score (nSPS) is 11.3. The highest BCUT2D eigenvalue weighted by Gasteiger charge is 2.16. The van der Waals surface area contributed by atoms with Crippen LogP contribution >= 0.6 is 0 Å². The van der Waals surface area contributed by atoms with E-state index in [1.807, 2.05) is 39.3 Å². The average molecular weight is 482 g/mol. The van der Waals surface area contributed by atoms with Crippen LogP contribution in [0.1, 0.15) is 48.1 Å². The summed E-state index contributed by atoms with van der Waals surface area (Å²) < 4.78 is 27.4. The minimum atomic E-state index is -0.458. The summed E-state index contributed by atoms with van der Waals surface area (Å²) in [7, 11) is 0. The van der Waals surface area contributed by atoms with Gasteiger partial charge in [0.2, 0.25) is 5.96 Å². The zero-order valence-electron chi connectivity index (χ0n) is 20.8. The molecule has 0 aliphatic heterocycles. The van der Waals surface area contributed by atoms with Crippen LogP contribution in [0.5, 0.6) is 11.5 Å². The van der Waals surface area contributed by atoms with Crippen LogP contribution in [-0.4, -0.2) is 34.9 Å². The average Bonchev–Trinajstić information content (AvgIpc) is 3.12. The maximum Gasteiger partial charge on any atom is 0.258 e. The van der Waals surface area contributed by atoms with Crippen LogP contribution in [0.15, 0.2) is 47.5 Å². The van der Waals surface area contributed by atoms with Crippen molar-refractivity contribution in [3.8, 4) is 11.5 Å². The number of aryl methyl sites for hydroxylation is 2. The van der Waals surface area contributed by atoms with Crippen LogP contribution in [0.25, 0.3) is 0 Å². The maximum absolute atomic E-state index is 14.3. The van der Waals surface area contributed by atoms with Gasteiger partial charge in [0.05, 0.1) is 31.1 Å². The lowest BCUT2D eigenvalue weighted by molar-refractivity contribution is 0.0976. The number of carbonyl (C=O) groups is 1. The molecule has 0 saturated carbocycles. The number of nitrogens with one attached hydrogen (secondary N) is 2. The Labute approximate surface area is 205 Å². The van der Waals surface area contributed by atoms with Gasteiger partial charge in [-0.05, 0) is 65.0 Å². The van der Waals surface area contributed by atoms with Gasteiger partial charge in [-0.3, -0.25) is 14.8 Å². The Kier molecular flexibility index (Phi) is 8.83. The van der Waals surface area contributed by atoms with Gasteiger partial charge in [-0.2, -0.15) is 5.10 Å². The molecule has 1 aromatic heterocycles. The highest BCUT2D eigenvalue weighted by atomic mass is 19.1. The van der Waals surface area contributed by atoms with E-state index in [2.05, 4.69) is 20.7 Å². The first-order valence-electron chi connectivity index (χ1n) is 11.7. The summed E-state index contributed by atoms with van der Waals surface area (Å²) in [5.41, 5.74) is 3.36. The summed E-state index contributed by atoms with van der Waals surface area (Å²) >= 11 is 0. The Balaban J connectivity index is 1.90. The fourth-order valence-electron chi connectivity index (χ4n) is 3.60. The fourth-order valence-corrected chi connectivity index (χ4v) is 3.60. The monoisotopic (exact) mass is 481 g/mol. The van der Waals surface area contributed by atoms with Crippen LogP contribution < -0.4 is 20.1 Å². The molecule has 0 unspecified atom stereocenters. The molecule has 0 radical (unpaired) electrons. The van der Waals surface area contributed by atoms with E-state index in [0.29, 0.717) is 30.3 Å². The zero-order valence-corrected chi connectivity index (χ0v) is 20.8. The van der Waals surface area contributed by atoms with E-state index in [0.717, 1.165) is 23.5 Å². The van der Waals surface area contributed by atoms with E-state index in [1.165, 1.54) is 6.07 Å². The van der Waals surface area contributed by atoms with Crippen molar-refractivity contribution in [2.45, 2.75) is 47.7 Å². The number of para-hydroxylation sites is 1. The second-order valence-electron chi connectivity index (χ2n) is 7.72. The van der Waals surface area contributed by atoms with Gasteiger partial charge in [-0.15, -0.1) is 0 Å². The zero-order chi connectivity index (χ0) is 25.4. The summed E-state index contributed by atoms with van der Waals surface area (Å²) in [6, 6.07) is 11.2. The Bertz CT molecular complexity index is 1210. The predicted molar refractivity (Wildman–Crippen MR) is 135 cm³/mol. The third-order valence-corrected chi connectivity index (χ3v) is 5.39. The standard InChI is InChI=1S/C26H32FN5O3/c1-6-32-18(5)20(17(4)31-32)16-28-26(29-22-12-10-9-11-21(22)27)30-25(33)19-13-14-23(34-7-2)24(15-19)35-8-3/h9-15H,6-8,16H2,1-5H3,(H2,28,29,30,33). The molecular formula is C26H32FN5O3. The van der Waals surface area contributed by atoms with Crippen molar-refractivity contribution >= 4 is 17.6 Å². The van der Waals surface area contributed by atoms with Gasteiger partial charge in [0.1, 0.15) is 5.82 Å². The number of ether oxygens (including phenoxy) is 2. The quantitative estimate of drug-likeness (QED) is 0.337. The number of anilines is 1. The van der Waals surface area contributed by atoms with Crippen LogP contribution in [0.2, 0.25) is 0 Å². The van der Waals surface area contributed by atoms with Crippen LogP contribution in [0.4, 0.5) is 10.1 Å². The van der Waals surface area contributed by atoms with Gasteiger partial charge < -0.3 is 14.8 Å². The third kappa shape index (κ3) is 6.38. The minimum Gasteiger partial charge on any atom is -0.490 e. The van der Waals surface area contributed by atoms with E-state index in [4.69, 9.17) is 9.47 Å². The van der Waals surface area contributed by atoms with E-state index >= 15 is 0 Å². The molecule has 0 spiro atoms. The molecule has 8 nitrogen and oxygen atoms in total. The molecule has 3 aromatic rings. The molecule has 0 aliphatic carbocycles. The van der Waals surface area contributed by atoms with E-state index in [9.17, 15) is 9.18 Å². The first kappa shape index (κ1) is 25.7. The second-order valence-corrected chi connectivity index (χ2v) is 7.72. The first-order chi connectivity index (χ1) is 16.9. The lowest BCUT2D eigenvalue weighted by Gasteiger charge is -2.14. The van der Waals surface area contributed by atoms with Gasteiger partial charge in [0, 0.05) is 23.4 Å². The lowest BCUT2D eigenvalue weighted by Crippen LogP contribution is -2.36. The van der Waals surface area contributed by atoms with Crippen molar-refractivity contribution in [1.82, 2.24) is 15.1 Å². The highest BCUT2D eigenvalue weighted by molar-refractivity contribution is 6.10.